The minimum Gasteiger partial charge on any atom is -0.756 e. The summed E-state index contributed by atoms with van der Waals surface area (Å²) in [6.07, 6.45) is 28.1. The highest BCUT2D eigenvalue weighted by Crippen LogP contribution is 2.38. The Morgan fingerprint density at radius 1 is 0.724 bits per heavy atom. The first-order valence-corrected chi connectivity index (χ1v) is 24.3. The van der Waals surface area contributed by atoms with Gasteiger partial charge in [-0.15, -0.1) is 0 Å². The molecule has 0 saturated carbocycles. The third kappa shape index (κ3) is 25.6. The van der Waals surface area contributed by atoms with Gasteiger partial charge in [0.2, 0.25) is 0 Å². The monoisotopic (exact) mass is 840 g/mol. The molecule has 11 nitrogen and oxygen atoms in total. The summed E-state index contributed by atoms with van der Waals surface area (Å²) in [6, 6.07) is 0. The molecule has 0 bridgehead atoms. The number of rotatable bonds is 37. The standard InChI is InChI=1S/C46H82NO10P/c1-8-10-22-28-41-38(3)39(4)42(56-41)29-24-18-16-17-21-27-33-46(49)55-40(37-54-58(50,51)53-35-34-47(5,6)7)36-52-45(48)32-26-20-15-13-12-14-19-25-31-44-43(57-44)30-23-11-9-2/h19,25,40,43-44H,8-18,20-24,26-37H2,1-7H3/b25-19-/t40-,43?,44?/m1/s1. The lowest BCUT2D eigenvalue weighted by molar-refractivity contribution is -0.870. The Morgan fingerprint density at radius 2 is 1.29 bits per heavy atom. The van der Waals surface area contributed by atoms with E-state index in [-0.39, 0.29) is 26.1 Å². The van der Waals surface area contributed by atoms with Crippen LogP contribution in [-0.4, -0.2) is 82.2 Å². The number of allylic oxidation sites excluding steroid dienone is 1. The molecule has 2 heterocycles. The minimum absolute atomic E-state index is 0.0435. The molecule has 4 atom stereocenters. The van der Waals surface area contributed by atoms with E-state index in [2.05, 4.69) is 39.8 Å². The van der Waals surface area contributed by atoms with Gasteiger partial charge in [-0.05, 0) is 76.3 Å². The Bertz CT molecular complexity index is 1340. The summed E-state index contributed by atoms with van der Waals surface area (Å²) in [5.74, 6) is 1.38. The van der Waals surface area contributed by atoms with Gasteiger partial charge in [0.15, 0.2) is 6.10 Å². The molecular weight excluding hydrogens is 757 g/mol. The number of unbranched alkanes of at least 4 members (excludes halogenated alkanes) is 14. The summed E-state index contributed by atoms with van der Waals surface area (Å²) < 4.78 is 46.0. The van der Waals surface area contributed by atoms with E-state index in [1.54, 1.807) is 0 Å². The minimum atomic E-state index is -4.65. The fourth-order valence-corrected chi connectivity index (χ4v) is 7.63. The van der Waals surface area contributed by atoms with Gasteiger partial charge in [-0.25, -0.2) is 0 Å². The average Bonchev–Trinajstić information content (AvgIpc) is 3.86. The second-order valence-electron chi connectivity index (χ2n) is 17.4. The molecule has 1 aliphatic rings. The number of esters is 2. The molecule has 0 amide bonds. The third-order valence-corrected chi connectivity index (χ3v) is 11.9. The number of hydrogen-bond donors (Lipinski definition) is 0. The number of hydrogen-bond acceptors (Lipinski definition) is 10. The van der Waals surface area contributed by atoms with Crippen molar-refractivity contribution < 1.29 is 51.2 Å². The van der Waals surface area contributed by atoms with E-state index in [9.17, 15) is 19.0 Å². The van der Waals surface area contributed by atoms with Gasteiger partial charge in [0.05, 0.1) is 40.0 Å². The molecule has 2 rings (SSSR count). The molecule has 1 saturated heterocycles. The van der Waals surface area contributed by atoms with Crippen LogP contribution in [0.4, 0.5) is 0 Å². The second kappa shape index (κ2) is 30.1. The van der Waals surface area contributed by atoms with E-state index in [0.29, 0.717) is 36.1 Å². The zero-order chi connectivity index (χ0) is 42.7. The first-order chi connectivity index (χ1) is 27.7. The van der Waals surface area contributed by atoms with Crippen LogP contribution in [-0.2, 0) is 50.3 Å². The predicted octanol–water partition coefficient (Wildman–Crippen LogP) is 10.6. The Labute approximate surface area is 352 Å². The molecular formula is C46H82NO10P. The number of likely N-dealkylation sites (N-methyl/N-ethyl adjacent to an activating group) is 1. The highest BCUT2D eigenvalue weighted by atomic mass is 31.2. The van der Waals surface area contributed by atoms with Crippen molar-refractivity contribution in [3.8, 4) is 0 Å². The summed E-state index contributed by atoms with van der Waals surface area (Å²) in [7, 11) is 1.12. The smallest absolute Gasteiger partial charge is 0.306 e. The lowest BCUT2D eigenvalue weighted by Gasteiger charge is -2.28. The SMILES string of the molecule is CCCCCc1oc(CCCCCCCCC(=O)O[C@H](COC(=O)CCCCCCC/C=C\CC2OC2CCCCC)COP(=O)([O-])OCC[N+](C)(C)C)c(C)c1C. The van der Waals surface area contributed by atoms with Crippen molar-refractivity contribution in [3.05, 3.63) is 34.8 Å². The Hall–Kier alpha value is -2.01. The number of quaternary nitrogens is 1. The van der Waals surface area contributed by atoms with Gasteiger partial charge in [0, 0.05) is 25.7 Å². The molecule has 1 aromatic rings. The summed E-state index contributed by atoms with van der Waals surface area (Å²) in [5, 5.41) is 0. The van der Waals surface area contributed by atoms with Crippen LogP contribution in [0.25, 0.3) is 0 Å². The maximum absolute atomic E-state index is 12.8. The molecule has 0 spiro atoms. The zero-order valence-corrected chi connectivity index (χ0v) is 38.6. The van der Waals surface area contributed by atoms with Crippen LogP contribution in [0.2, 0.25) is 0 Å². The second-order valence-corrected chi connectivity index (χ2v) is 18.8. The number of epoxide rings is 1. The van der Waals surface area contributed by atoms with Crippen LogP contribution in [0.5, 0.6) is 0 Å². The molecule has 1 aromatic heterocycles. The molecule has 58 heavy (non-hydrogen) atoms. The molecule has 1 fully saturated rings. The number of carbonyl (C=O) groups is 2. The molecule has 1 aliphatic heterocycles. The van der Waals surface area contributed by atoms with Gasteiger partial charge in [-0.3, -0.25) is 14.2 Å². The largest absolute Gasteiger partial charge is 0.756 e. The Kier molecular flexibility index (Phi) is 27.0. The van der Waals surface area contributed by atoms with Crippen molar-refractivity contribution in [2.75, 3.05) is 47.5 Å². The van der Waals surface area contributed by atoms with Gasteiger partial charge in [-0.1, -0.05) is 103 Å². The lowest BCUT2D eigenvalue weighted by Crippen LogP contribution is -2.37. The number of aryl methyl sites for hydroxylation is 2. The number of furan rings is 1. The fourth-order valence-electron chi connectivity index (χ4n) is 6.90. The van der Waals surface area contributed by atoms with E-state index in [1.807, 2.05) is 21.1 Å². The topological polar surface area (TPSA) is 137 Å². The number of phosphoric acid groups is 1. The lowest BCUT2D eigenvalue weighted by atomic mass is 10.0. The predicted molar refractivity (Wildman–Crippen MR) is 230 cm³/mol. The van der Waals surface area contributed by atoms with Crippen molar-refractivity contribution in [2.45, 2.75) is 200 Å². The quantitative estimate of drug-likeness (QED) is 0.0159. The van der Waals surface area contributed by atoms with Gasteiger partial charge in [0.1, 0.15) is 31.3 Å². The van der Waals surface area contributed by atoms with Gasteiger partial charge in [0.25, 0.3) is 7.82 Å². The van der Waals surface area contributed by atoms with E-state index < -0.39 is 32.5 Å². The Morgan fingerprint density at radius 3 is 1.93 bits per heavy atom. The maximum atomic E-state index is 12.8. The first-order valence-electron chi connectivity index (χ1n) is 22.9. The van der Waals surface area contributed by atoms with Crippen LogP contribution in [0.3, 0.4) is 0 Å². The van der Waals surface area contributed by atoms with Crippen LogP contribution in [0.15, 0.2) is 16.6 Å². The summed E-state index contributed by atoms with van der Waals surface area (Å²) in [6.45, 7) is 8.42. The molecule has 0 radical (unpaired) electrons. The molecule has 336 valence electrons. The summed E-state index contributed by atoms with van der Waals surface area (Å²) in [4.78, 5) is 37.7. The number of phosphoric ester groups is 1. The molecule has 0 aromatic carbocycles. The molecule has 0 aliphatic carbocycles. The highest BCUT2D eigenvalue weighted by Gasteiger charge is 2.36. The van der Waals surface area contributed by atoms with Crippen LogP contribution < -0.4 is 4.89 Å². The van der Waals surface area contributed by atoms with E-state index in [4.69, 9.17) is 27.7 Å². The number of nitrogens with zero attached hydrogens (tertiary/aromatic N) is 1. The van der Waals surface area contributed by atoms with Crippen molar-refractivity contribution in [1.82, 2.24) is 0 Å². The molecule has 12 heteroatoms. The van der Waals surface area contributed by atoms with Gasteiger partial charge < -0.3 is 37.1 Å². The summed E-state index contributed by atoms with van der Waals surface area (Å²) >= 11 is 0. The average molecular weight is 840 g/mol. The number of ether oxygens (including phenoxy) is 3. The van der Waals surface area contributed by atoms with E-state index in [0.717, 1.165) is 95.0 Å². The molecule has 0 N–H and O–H groups in total. The van der Waals surface area contributed by atoms with Crippen molar-refractivity contribution >= 4 is 19.8 Å². The van der Waals surface area contributed by atoms with E-state index in [1.165, 1.54) is 56.1 Å². The maximum Gasteiger partial charge on any atom is 0.306 e. The van der Waals surface area contributed by atoms with Crippen molar-refractivity contribution in [2.24, 2.45) is 0 Å². The Balaban J connectivity index is 1.65. The van der Waals surface area contributed by atoms with Crippen LogP contribution >= 0.6 is 7.82 Å². The van der Waals surface area contributed by atoms with E-state index >= 15 is 0 Å². The zero-order valence-electron chi connectivity index (χ0n) is 37.7. The summed E-state index contributed by atoms with van der Waals surface area (Å²) in [5.41, 5.74) is 2.60. The third-order valence-electron chi connectivity index (χ3n) is 10.9. The molecule has 3 unspecified atom stereocenters. The fraction of sp³-hybridized carbons (Fsp3) is 0.826. The van der Waals surface area contributed by atoms with Crippen molar-refractivity contribution in [3.63, 3.8) is 0 Å². The van der Waals surface area contributed by atoms with Gasteiger partial charge in [-0.2, -0.15) is 0 Å². The normalized spacial score (nSPS) is 17.1. The number of carbonyl (C=O) groups excluding carboxylic acids is 2. The van der Waals surface area contributed by atoms with Crippen LogP contribution in [0, 0.1) is 13.8 Å². The van der Waals surface area contributed by atoms with Gasteiger partial charge >= 0.3 is 11.9 Å². The van der Waals surface area contributed by atoms with Crippen LogP contribution in [0.1, 0.15) is 178 Å². The first kappa shape index (κ1) is 52.1. The highest BCUT2D eigenvalue weighted by molar-refractivity contribution is 7.45. The van der Waals surface area contributed by atoms with Crippen molar-refractivity contribution in [1.29, 1.82) is 0 Å².